The van der Waals surface area contributed by atoms with Crippen LogP contribution < -0.4 is 5.48 Å². The highest BCUT2D eigenvalue weighted by atomic mass is 16.7. The van der Waals surface area contributed by atoms with Gasteiger partial charge in [0.25, 0.3) is 0 Å². The molecule has 1 aromatic heterocycles. The number of Topliss-reactive ketones (excluding diaryl/α,β-unsaturated/α-hetero) is 1. The van der Waals surface area contributed by atoms with Gasteiger partial charge >= 0.3 is 5.97 Å². The second-order valence-corrected chi connectivity index (χ2v) is 16.4. The van der Waals surface area contributed by atoms with Crippen molar-refractivity contribution < 1.29 is 48.7 Å². The van der Waals surface area contributed by atoms with Gasteiger partial charge in [-0.2, -0.15) is 5.48 Å². The molecule has 13 heteroatoms. The fourth-order valence-corrected chi connectivity index (χ4v) is 8.53. The molecule has 0 bridgehead atoms. The van der Waals surface area contributed by atoms with Gasteiger partial charge < -0.3 is 44.0 Å². The minimum absolute atomic E-state index is 0.104. The predicted molar refractivity (Wildman–Crippen MR) is 209 cm³/mol. The number of para-hydroxylation sites is 1. The number of benzene rings is 1. The van der Waals surface area contributed by atoms with Crippen molar-refractivity contribution in [1.29, 1.82) is 0 Å². The zero-order valence-electron chi connectivity index (χ0n) is 34.5. The lowest BCUT2D eigenvalue weighted by molar-refractivity contribution is -0.297. The van der Waals surface area contributed by atoms with Crippen LogP contribution in [0.15, 0.2) is 42.6 Å². The summed E-state index contributed by atoms with van der Waals surface area (Å²) < 4.78 is 25.7. The number of ether oxygens (including phenoxy) is 4. The molecule has 2 aliphatic heterocycles. The van der Waals surface area contributed by atoms with Crippen LogP contribution >= 0.6 is 0 Å². The van der Waals surface area contributed by atoms with Gasteiger partial charge in [0.05, 0.1) is 43.1 Å². The monoisotopic (exact) mass is 771 g/mol. The van der Waals surface area contributed by atoms with Gasteiger partial charge in [-0.15, -0.1) is 0 Å². The number of rotatable bonds is 10. The van der Waals surface area contributed by atoms with E-state index in [-0.39, 0.29) is 37.5 Å². The van der Waals surface area contributed by atoms with E-state index in [0.29, 0.717) is 6.42 Å². The second-order valence-electron chi connectivity index (χ2n) is 16.4. The third kappa shape index (κ3) is 10.4. The number of likely N-dealkylation sites (N-methyl/N-ethyl adjacent to an activating group) is 1. The molecular formula is C42H65N3O10. The first-order chi connectivity index (χ1) is 25.9. The number of aromatic nitrogens is 1. The lowest BCUT2D eigenvalue weighted by Gasteiger charge is -2.48. The number of nitrogens with one attached hydrogen (secondary N) is 1. The van der Waals surface area contributed by atoms with Crippen molar-refractivity contribution >= 4 is 28.7 Å². The molecule has 3 heterocycles. The normalized spacial score (nSPS) is 38.7. The molecule has 0 spiro atoms. The van der Waals surface area contributed by atoms with Crippen molar-refractivity contribution in [2.24, 2.45) is 23.7 Å². The lowest BCUT2D eigenvalue weighted by atomic mass is 9.72. The van der Waals surface area contributed by atoms with Gasteiger partial charge in [0.2, 0.25) is 0 Å². The fourth-order valence-electron chi connectivity index (χ4n) is 8.53. The van der Waals surface area contributed by atoms with Crippen LogP contribution in [0, 0.1) is 23.7 Å². The van der Waals surface area contributed by atoms with E-state index in [4.69, 9.17) is 23.8 Å². The van der Waals surface area contributed by atoms with Crippen molar-refractivity contribution in [3.63, 3.8) is 0 Å². The van der Waals surface area contributed by atoms with Crippen LogP contribution in [-0.4, -0.2) is 125 Å². The summed E-state index contributed by atoms with van der Waals surface area (Å²) in [5.41, 5.74) is 1.67. The van der Waals surface area contributed by atoms with Crippen molar-refractivity contribution in [1.82, 2.24) is 15.4 Å². The average molecular weight is 772 g/mol. The van der Waals surface area contributed by atoms with Gasteiger partial charge in [-0.3, -0.25) is 14.6 Å². The molecule has 4 rings (SSSR count). The summed E-state index contributed by atoms with van der Waals surface area (Å²) in [4.78, 5) is 40.0. The van der Waals surface area contributed by atoms with E-state index in [1.54, 1.807) is 27.0 Å². The minimum Gasteiger partial charge on any atom is -0.459 e. The molecule has 2 aliphatic rings. The van der Waals surface area contributed by atoms with Gasteiger partial charge in [-0.1, -0.05) is 58.0 Å². The maximum absolute atomic E-state index is 14.4. The number of carbonyl (C=O) groups is 2. The highest BCUT2D eigenvalue weighted by Gasteiger charge is 2.52. The van der Waals surface area contributed by atoms with Crippen molar-refractivity contribution in [3.8, 4) is 0 Å². The Balaban J connectivity index is 1.81. The number of hydrogen-bond donors (Lipinski definition) is 4. The fraction of sp³-hybridized carbons (Fsp3) is 0.690. The number of fused-ring (bicyclic) bond motifs is 1. The molecule has 0 saturated carbocycles. The van der Waals surface area contributed by atoms with Gasteiger partial charge in [0, 0.05) is 35.5 Å². The first kappa shape index (κ1) is 44.9. The molecule has 14 atom stereocenters. The smallest absolute Gasteiger partial charge is 0.316 e. The third-order valence-electron chi connectivity index (χ3n) is 11.8. The van der Waals surface area contributed by atoms with E-state index in [2.05, 4.69) is 10.5 Å². The number of pyridine rings is 1. The number of carbonyl (C=O) groups excluding carboxylic acids is 2. The number of nitrogens with zero attached hydrogens (tertiary/aromatic N) is 2. The van der Waals surface area contributed by atoms with Crippen LogP contribution in [0.3, 0.4) is 0 Å². The molecule has 0 amide bonds. The number of esters is 1. The topological polar surface area (TPSA) is 169 Å². The van der Waals surface area contributed by atoms with Gasteiger partial charge in [-0.05, 0) is 84.7 Å². The average Bonchev–Trinajstić information content (AvgIpc) is 3.15. The molecule has 13 nitrogen and oxygen atoms in total. The number of cyclic esters (lactones) is 1. The summed E-state index contributed by atoms with van der Waals surface area (Å²) in [6, 6.07) is 9.04. The molecular weight excluding hydrogens is 706 g/mol. The molecule has 0 radical (unpaired) electrons. The van der Waals surface area contributed by atoms with E-state index in [0.717, 1.165) is 16.5 Å². The molecule has 0 aliphatic carbocycles. The van der Waals surface area contributed by atoms with Gasteiger partial charge in [0.1, 0.15) is 23.7 Å². The first-order valence-corrected chi connectivity index (χ1v) is 19.6. The molecule has 2 saturated heterocycles. The molecule has 2 aromatic rings. The number of ketones is 1. The maximum atomic E-state index is 14.4. The highest BCUT2D eigenvalue weighted by molar-refractivity contribution is 6.00. The van der Waals surface area contributed by atoms with E-state index >= 15 is 0 Å². The molecule has 4 N–H and O–H groups in total. The maximum Gasteiger partial charge on any atom is 0.316 e. The van der Waals surface area contributed by atoms with Gasteiger partial charge in [0.15, 0.2) is 12.1 Å². The first-order valence-electron chi connectivity index (χ1n) is 19.6. The summed E-state index contributed by atoms with van der Waals surface area (Å²) in [6.45, 7) is 14.0. The summed E-state index contributed by atoms with van der Waals surface area (Å²) in [7, 11) is 5.25. The molecule has 55 heavy (non-hydrogen) atoms. The Morgan fingerprint density at radius 3 is 2.44 bits per heavy atom. The summed E-state index contributed by atoms with van der Waals surface area (Å²) in [5, 5.41) is 36.1. The molecule has 1 aromatic carbocycles. The van der Waals surface area contributed by atoms with E-state index in [1.165, 1.54) is 21.0 Å². The van der Waals surface area contributed by atoms with Crippen molar-refractivity contribution in [2.75, 3.05) is 27.8 Å². The Kier molecular flexibility index (Phi) is 15.5. The summed E-state index contributed by atoms with van der Waals surface area (Å²) >= 11 is 0. The molecule has 1 unspecified atom stereocenters. The van der Waals surface area contributed by atoms with Crippen molar-refractivity contribution in [2.45, 2.75) is 135 Å². The van der Waals surface area contributed by atoms with E-state index in [1.807, 2.05) is 82.3 Å². The Morgan fingerprint density at radius 2 is 1.78 bits per heavy atom. The number of hydrogen-bond acceptors (Lipinski definition) is 13. The van der Waals surface area contributed by atoms with Crippen LogP contribution in [0.2, 0.25) is 0 Å². The number of hydroxylamine groups is 1. The zero-order chi connectivity index (χ0) is 40.8. The minimum atomic E-state index is -1.86. The third-order valence-corrected chi connectivity index (χ3v) is 11.8. The van der Waals surface area contributed by atoms with Crippen LogP contribution in [0.4, 0.5) is 0 Å². The SMILES string of the molecule is CC[C@H]1OC(=O)[C@H](C)C(=O)[C@H](C)[C@@H](O[C@@H]2O[C@H](C)C[C@H](N(C)C)[C@H]2O)[C@@](C)(OC/C=C\c2cnc3ccccc3c2)C[C@@H](C)C(NOC)[C@H](C)[C@@H](O)[C@]1(C)O. The quantitative estimate of drug-likeness (QED) is 0.153. The van der Waals surface area contributed by atoms with Crippen LogP contribution in [-0.2, 0) is 33.4 Å². The number of aliphatic hydroxyl groups is 3. The largest absolute Gasteiger partial charge is 0.459 e. The van der Waals surface area contributed by atoms with Crippen molar-refractivity contribution in [3.05, 3.63) is 48.2 Å². The Bertz CT molecular complexity index is 1600. The standard InChI is InChI=1S/C42H65N3O10/c1-12-33-42(8,50)37(48)26(4)34(44-51-11)24(2)22-41(7,52-19-15-16-29-21-30-17-13-14-18-31(30)43-23-29)38(27(5)35(46)28(6)39(49)54-33)55-40-36(47)32(45(9)10)20-25(3)53-40/h13-18,21,23-28,32-34,36-38,40,44,47-48,50H,12,19-20,22H2,1-11H3/b16-15-/t24-,25-,26+,27+,28-,32+,33-,34?,36-,37-,38-,40+,41+,42-/m1/s1. The molecule has 308 valence electrons. The van der Waals surface area contributed by atoms with Gasteiger partial charge in [-0.25, -0.2) is 0 Å². The van der Waals surface area contributed by atoms with Crippen LogP contribution in [0.5, 0.6) is 0 Å². The zero-order valence-corrected chi connectivity index (χ0v) is 34.5. The Morgan fingerprint density at radius 1 is 1.09 bits per heavy atom. The van der Waals surface area contributed by atoms with E-state index < -0.39 is 77.5 Å². The Hall–Kier alpha value is -2.85. The van der Waals surface area contributed by atoms with E-state index in [9.17, 15) is 24.9 Å². The lowest BCUT2D eigenvalue weighted by Crippen LogP contribution is -2.61. The second kappa shape index (κ2) is 19.1. The Labute approximate surface area is 326 Å². The summed E-state index contributed by atoms with van der Waals surface area (Å²) in [5.74, 6) is -4.47. The highest BCUT2D eigenvalue weighted by Crippen LogP contribution is 2.39. The number of aliphatic hydroxyl groups excluding tert-OH is 2. The molecule has 2 fully saturated rings. The van der Waals surface area contributed by atoms with Crippen LogP contribution in [0.25, 0.3) is 17.0 Å². The van der Waals surface area contributed by atoms with Crippen LogP contribution in [0.1, 0.15) is 80.2 Å². The summed E-state index contributed by atoms with van der Waals surface area (Å²) in [6.07, 6.45) is 0.617. The predicted octanol–water partition coefficient (Wildman–Crippen LogP) is 4.31.